The van der Waals surface area contributed by atoms with E-state index in [1.54, 1.807) is 18.3 Å². The van der Waals surface area contributed by atoms with Crippen molar-refractivity contribution in [3.63, 3.8) is 0 Å². The lowest BCUT2D eigenvalue weighted by molar-refractivity contribution is -0.136. The fraction of sp³-hybridized carbons (Fsp3) is 0.562. The minimum absolute atomic E-state index is 0.109. The van der Waals surface area contributed by atoms with Gasteiger partial charge in [-0.15, -0.1) is 0 Å². The van der Waals surface area contributed by atoms with Gasteiger partial charge < -0.3 is 20.5 Å². The summed E-state index contributed by atoms with van der Waals surface area (Å²) in [4.78, 5) is 26.7. The third-order valence-electron chi connectivity index (χ3n) is 3.24. The molecule has 1 amide bonds. The molecule has 1 saturated carbocycles. The smallest absolute Gasteiger partial charge is 0.409 e. The van der Waals surface area contributed by atoms with Gasteiger partial charge in [0.1, 0.15) is 11.8 Å². The Balaban J connectivity index is 1.94. The van der Waals surface area contributed by atoms with E-state index in [0.717, 1.165) is 18.5 Å². The minimum atomic E-state index is -0.916. The first-order valence-corrected chi connectivity index (χ1v) is 7.66. The van der Waals surface area contributed by atoms with Crippen molar-refractivity contribution in [2.75, 3.05) is 5.32 Å². The second-order valence-electron chi connectivity index (χ2n) is 6.71. The van der Waals surface area contributed by atoms with Crippen LogP contribution in [-0.4, -0.2) is 33.9 Å². The van der Waals surface area contributed by atoms with Crippen molar-refractivity contribution in [1.29, 1.82) is 0 Å². The molecule has 0 radical (unpaired) electrons. The largest absolute Gasteiger partial charge is 0.481 e. The van der Waals surface area contributed by atoms with Crippen LogP contribution in [0.5, 0.6) is 0 Å². The summed E-state index contributed by atoms with van der Waals surface area (Å²) in [6.45, 7) is 5.45. The highest BCUT2D eigenvalue weighted by Gasteiger charge is 2.33. The third kappa shape index (κ3) is 6.14. The second-order valence-corrected chi connectivity index (χ2v) is 6.71. The first-order valence-electron chi connectivity index (χ1n) is 7.66. The van der Waals surface area contributed by atoms with Gasteiger partial charge in [0.25, 0.3) is 0 Å². The van der Waals surface area contributed by atoms with Crippen molar-refractivity contribution in [1.82, 2.24) is 10.3 Å². The van der Waals surface area contributed by atoms with Gasteiger partial charge >= 0.3 is 12.1 Å². The molecule has 0 aliphatic heterocycles. The zero-order valence-corrected chi connectivity index (χ0v) is 13.6. The van der Waals surface area contributed by atoms with Crippen molar-refractivity contribution in [3.8, 4) is 0 Å². The first-order chi connectivity index (χ1) is 10.7. The number of carbonyl (C=O) groups excluding carboxylic acids is 1. The number of hydrogen-bond donors (Lipinski definition) is 3. The number of carboxylic acid groups (broad SMARTS) is 1. The molecule has 0 saturated heterocycles. The molecule has 1 unspecified atom stereocenters. The maximum absolute atomic E-state index is 11.9. The van der Waals surface area contributed by atoms with Crippen LogP contribution < -0.4 is 10.6 Å². The lowest BCUT2D eigenvalue weighted by Gasteiger charge is -2.24. The van der Waals surface area contributed by atoms with Crippen LogP contribution >= 0.6 is 0 Å². The molecule has 1 aliphatic carbocycles. The van der Waals surface area contributed by atoms with Crippen LogP contribution in [0.2, 0.25) is 0 Å². The normalized spacial score (nSPS) is 15.6. The average molecular weight is 321 g/mol. The van der Waals surface area contributed by atoms with Gasteiger partial charge in [-0.3, -0.25) is 9.78 Å². The maximum atomic E-state index is 11.9. The Morgan fingerprint density at radius 1 is 1.39 bits per heavy atom. The molecular formula is C16H23N3O4. The Kier molecular flexibility index (Phi) is 5.08. The minimum Gasteiger partial charge on any atom is -0.481 e. The highest BCUT2D eigenvalue weighted by atomic mass is 16.6. The summed E-state index contributed by atoms with van der Waals surface area (Å²) >= 11 is 0. The van der Waals surface area contributed by atoms with Gasteiger partial charge in [-0.05, 0) is 51.7 Å². The molecular weight excluding hydrogens is 298 g/mol. The van der Waals surface area contributed by atoms with Gasteiger partial charge in [0.15, 0.2) is 0 Å². The summed E-state index contributed by atoms with van der Waals surface area (Å²) in [5.74, 6) is -0.554. The fourth-order valence-electron chi connectivity index (χ4n) is 2.08. The molecule has 23 heavy (non-hydrogen) atoms. The molecule has 1 aromatic heterocycles. The van der Waals surface area contributed by atoms with E-state index in [-0.39, 0.29) is 12.6 Å². The molecule has 1 fully saturated rings. The number of aliphatic carboxylic acids is 1. The Hall–Kier alpha value is -2.31. The number of nitrogens with zero attached hydrogens (tertiary/aromatic N) is 1. The molecule has 2 rings (SSSR count). The van der Waals surface area contributed by atoms with Crippen molar-refractivity contribution in [2.24, 2.45) is 5.92 Å². The summed E-state index contributed by atoms with van der Waals surface area (Å²) in [5.41, 5.74) is 0.677. The number of ether oxygens (including phenoxy) is 1. The Morgan fingerprint density at radius 2 is 2.09 bits per heavy atom. The second kappa shape index (κ2) is 6.85. The lowest BCUT2D eigenvalue weighted by atomic mass is 10.2. The Labute approximate surface area is 135 Å². The van der Waals surface area contributed by atoms with Crippen LogP contribution in [-0.2, 0) is 16.0 Å². The molecule has 1 aromatic rings. The number of carboxylic acids is 1. The van der Waals surface area contributed by atoms with Crippen LogP contribution in [0.4, 0.5) is 10.5 Å². The summed E-state index contributed by atoms with van der Waals surface area (Å²) < 4.78 is 5.28. The predicted molar refractivity (Wildman–Crippen MR) is 85.1 cm³/mol. The summed E-state index contributed by atoms with van der Waals surface area (Å²) in [6.07, 6.45) is 2.86. The number of alkyl carbamates (subject to hydrolysis) is 1. The average Bonchev–Trinajstić information content (AvgIpc) is 3.21. The summed E-state index contributed by atoms with van der Waals surface area (Å²) in [7, 11) is 0. The van der Waals surface area contributed by atoms with Crippen LogP contribution in [0.25, 0.3) is 0 Å². The molecule has 7 heteroatoms. The van der Waals surface area contributed by atoms with E-state index < -0.39 is 17.7 Å². The van der Waals surface area contributed by atoms with Crippen LogP contribution in [0.15, 0.2) is 18.3 Å². The third-order valence-corrected chi connectivity index (χ3v) is 3.24. The lowest BCUT2D eigenvalue weighted by Crippen LogP contribution is -2.44. The zero-order valence-electron chi connectivity index (χ0n) is 13.6. The molecule has 1 atom stereocenters. The molecule has 0 spiro atoms. The van der Waals surface area contributed by atoms with Crippen molar-refractivity contribution in [3.05, 3.63) is 24.0 Å². The van der Waals surface area contributed by atoms with Crippen LogP contribution in [0.1, 0.15) is 39.3 Å². The summed E-state index contributed by atoms with van der Waals surface area (Å²) in [5, 5.41) is 14.8. The molecule has 0 bridgehead atoms. The highest BCUT2D eigenvalue weighted by Crippen LogP contribution is 2.33. The molecule has 0 aromatic carbocycles. The SMILES string of the molecule is CC(C)(C)OC(=O)NC(Nc1ccc(CC(=O)O)nc1)C1CC1. The summed E-state index contributed by atoms with van der Waals surface area (Å²) in [6, 6.07) is 3.42. The Morgan fingerprint density at radius 3 is 2.57 bits per heavy atom. The van der Waals surface area contributed by atoms with E-state index in [4.69, 9.17) is 9.84 Å². The van der Waals surface area contributed by atoms with Gasteiger partial charge in [-0.2, -0.15) is 0 Å². The molecule has 7 nitrogen and oxygen atoms in total. The number of amides is 1. The topological polar surface area (TPSA) is 101 Å². The monoisotopic (exact) mass is 321 g/mol. The van der Waals surface area contributed by atoms with E-state index in [1.165, 1.54) is 0 Å². The van der Waals surface area contributed by atoms with E-state index in [1.807, 2.05) is 20.8 Å². The molecule has 1 aliphatic rings. The van der Waals surface area contributed by atoms with Gasteiger partial charge in [-0.25, -0.2) is 4.79 Å². The number of rotatable bonds is 6. The van der Waals surface area contributed by atoms with Crippen molar-refractivity contribution < 1.29 is 19.4 Å². The van der Waals surface area contributed by atoms with E-state index in [2.05, 4.69) is 15.6 Å². The first kappa shape index (κ1) is 17.1. The van der Waals surface area contributed by atoms with Gasteiger partial charge in [-0.1, -0.05) is 0 Å². The standard InChI is InChI=1S/C16H23N3O4/c1-16(2,3)23-15(22)19-14(10-4-5-10)18-12-7-6-11(17-9-12)8-13(20)21/h6-7,9-10,14,18H,4-5,8H2,1-3H3,(H,19,22)(H,20,21). The van der Waals surface area contributed by atoms with Crippen LogP contribution in [0, 0.1) is 5.92 Å². The number of pyridine rings is 1. The van der Waals surface area contributed by atoms with Crippen LogP contribution in [0.3, 0.4) is 0 Å². The zero-order chi connectivity index (χ0) is 17.0. The molecule has 3 N–H and O–H groups in total. The van der Waals surface area contributed by atoms with E-state index in [0.29, 0.717) is 11.6 Å². The van der Waals surface area contributed by atoms with E-state index in [9.17, 15) is 9.59 Å². The maximum Gasteiger partial charge on any atom is 0.409 e. The van der Waals surface area contributed by atoms with E-state index >= 15 is 0 Å². The quantitative estimate of drug-likeness (QED) is 0.696. The number of hydrogen-bond acceptors (Lipinski definition) is 5. The predicted octanol–water partition coefficient (Wildman–Crippen LogP) is 2.38. The fourth-order valence-corrected chi connectivity index (χ4v) is 2.08. The van der Waals surface area contributed by atoms with Gasteiger partial charge in [0.2, 0.25) is 0 Å². The molecule has 126 valence electrons. The number of anilines is 1. The van der Waals surface area contributed by atoms with Gasteiger partial charge in [0.05, 0.1) is 24.0 Å². The Bertz CT molecular complexity index is 562. The number of nitrogens with one attached hydrogen (secondary N) is 2. The number of aromatic nitrogens is 1. The number of carbonyl (C=O) groups is 2. The molecule has 1 heterocycles. The van der Waals surface area contributed by atoms with Crippen molar-refractivity contribution in [2.45, 2.75) is 51.8 Å². The van der Waals surface area contributed by atoms with Crippen molar-refractivity contribution >= 4 is 17.7 Å². The van der Waals surface area contributed by atoms with Gasteiger partial charge in [0, 0.05) is 0 Å². The highest BCUT2D eigenvalue weighted by molar-refractivity contribution is 5.70.